The normalized spacial score (nSPS) is 14.6. The van der Waals surface area contributed by atoms with E-state index in [0.29, 0.717) is 41.9 Å². The Labute approximate surface area is 165 Å². The van der Waals surface area contributed by atoms with Crippen LogP contribution in [0, 0.1) is 6.92 Å². The number of urea groups is 1. The number of hydrogen-bond acceptors (Lipinski definition) is 5. The highest BCUT2D eigenvalue weighted by Gasteiger charge is 2.23. The van der Waals surface area contributed by atoms with Gasteiger partial charge >= 0.3 is 6.03 Å². The van der Waals surface area contributed by atoms with Crippen LogP contribution in [-0.2, 0) is 0 Å². The van der Waals surface area contributed by atoms with E-state index in [-0.39, 0.29) is 6.03 Å². The molecule has 1 aromatic carbocycles. The fraction of sp³-hybridized carbons (Fsp3) is 0.294. The quantitative estimate of drug-likeness (QED) is 0.708. The van der Waals surface area contributed by atoms with E-state index in [2.05, 4.69) is 25.5 Å². The van der Waals surface area contributed by atoms with Crippen LogP contribution in [0.5, 0.6) is 0 Å². The van der Waals surface area contributed by atoms with E-state index in [1.807, 2.05) is 13.0 Å². The van der Waals surface area contributed by atoms with Gasteiger partial charge in [0.15, 0.2) is 5.65 Å². The van der Waals surface area contributed by atoms with E-state index in [1.54, 1.807) is 33.9 Å². The van der Waals surface area contributed by atoms with Crippen molar-refractivity contribution >= 4 is 46.4 Å². The average molecular weight is 406 g/mol. The van der Waals surface area contributed by atoms with Crippen LogP contribution in [0.2, 0.25) is 10.0 Å². The van der Waals surface area contributed by atoms with E-state index in [9.17, 15) is 4.79 Å². The lowest BCUT2D eigenvalue weighted by atomic mass is 10.2. The predicted octanol–water partition coefficient (Wildman–Crippen LogP) is 3.09. The molecular weight excluding hydrogens is 389 g/mol. The lowest BCUT2D eigenvalue weighted by Crippen LogP contribution is -2.50. The van der Waals surface area contributed by atoms with Crippen molar-refractivity contribution in [2.75, 3.05) is 36.4 Å². The van der Waals surface area contributed by atoms with E-state index >= 15 is 0 Å². The average Bonchev–Trinajstić information content (AvgIpc) is 3.14. The van der Waals surface area contributed by atoms with Gasteiger partial charge in [-0.3, -0.25) is 0 Å². The number of carbonyl (C=O) groups excluding carboxylic acids is 1. The number of halogens is 2. The van der Waals surface area contributed by atoms with E-state index in [1.165, 1.54) is 0 Å². The van der Waals surface area contributed by atoms with Gasteiger partial charge in [0, 0.05) is 31.9 Å². The Morgan fingerprint density at radius 3 is 2.63 bits per heavy atom. The number of carbonyl (C=O) groups is 1. The molecule has 2 amide bonds. The molecule has 0 aliphatic carbocycles. The molecule has 2 aromatic heterocycles. The second-order valence-corrected chi connectivity index (χ2v) is 7.13. The van der Waals surface area contributed by atoms with Crippen molar-refractivity contribution in [1.82, 2.24) is 24.7 Å². The maximum absolute atomic E-state index is 12.5. The lowest BCUT2D eigenvalue weighted by molar-refractivity contribution is 0.208. The first-order valence-corrected chi connectivity index (χ1v) is 9.20. The zero-order chi connectivity index (χ0) is 19.0. The van der Waals surface area contributed by atoms with Crippen LogP contribution in [0.4, 0.5) is 16.3 Å². The van der Waals surface area contributed by atoms with Gasteiger partial charge in [0.25, 0.3) is 0 Å². The highest BCUT2D eigenvalue weighted by Crippen LogP contribution is 2.25. The zero-order valence-electron chi connectivity index (χ0n) is 14.6. The van der Waals surface area contributed by atoms with Gasteiger partial charge in [-0.2, -0.15) is 4.52 Å². The number of amides is 2. The zero-order valence-corrected chi connectivity index (χ0v) is 16.1. The molecule has 0 radical (unpaired) electrons. The Morgan fingerprint density at radius 1 is 1.11 bits per heavy atom. The molecular formula is C17H17Cl2N7O. The van der Waals surface area contributed by atoms with Crippen molar-refractivity contribution in [3.05, 3.63) is 46.2 Å². The third kappa shape index (κ3) is 3.63. The van der Waals surface area contributed by atoms with Gasteiger partial charge in [-0.1, -0.05) is 23.2 Å². The number of fused-ring (bicyclic) bond motifs is 1. The highest BCUT2D eigenvalue weighted by atomic mass is 35.5. The smallest absolute Gasteiger partial charge is 0.321 e. The van der Waals surface area contributed by atoms with Crippen molar-refractivity contribution in [1.29, 1.82) is 0 Å². The molecule has 10 heteroatoms. The number of anilines is 2. The molecule has 1 aliphatic heterocycles. The summed E-state index contributed by atoms with van der Waals surface area (Å²) in [5, 5.41) is 16.2. The number of hydrogen-bond donors (Lipinski definition) is 1. The SMILES string of the molecule is Cc1cc(N2CCN(C(=O)Nc3ccc(Cl)c(Cl)c3)CC2)nn2cnnc12. The maximum Gasteiger partial charge on any atom is 0.321 e. The van der Waals surface area contributed by atoms with Crippen LogP contribution in [-0.4, -0.2) is 56.9 Å². The summed E-state index contributed by atoms with van der Waals surface area (Å²) in [4.78, 5) is 16.4. The molecule has 140 valence electrons. The molecule has 0 saturated carbocycles. The molecule has 0 atom stereocenters. The van der Waals surface area contributed by atoms with Gasteiger partial charge < -0.3 is 15.1 Å². The molecule has 1 saturated heterocycles. The molecule has 1 fully saturated rings. The molecule has 0 bridgehead atoms. The van der Waals surface area contributed by atoms with E-state index < -0.39 is 0 Å². The summed E-state index contributed by atoms with van der Waals surface area (Å²) in [6.07, 6.45) is 1.59. The Bertz CT molecular complexity index is 998. The molecule has 0 unspecified atom stereocenters. The fourth-order valence-electron chi connectivity index (χ4n) is 3.03. The van der Waals surface area contributed by atoms with Crippen LogP contribution in [0.1, 0.15) is 5.56 Å². The monoisotopic (exact) mass is 405 g/mol. The van der Waals surface area contributed by atoms with Crippen LogP contribution in [0.15, 0.2) is 30.6 Å². The van der Waals surface area contributed by atoms with Crippen molar-refractivity contribution in [3.63, 3.8) is 0 Å². The molecule has 4 rings (SSSR count). The van der Waals surface area contributed by atoms with Crippen LogP contribution >= 0.6 is 23.2 Å². The minimum absolute atomic E-state index is 0.161. The van der Waals surface area contributed by atoms with Crippen molar-refractivity contribution in [2.45, 2.75) is 6.92 Å². The van der Waals surface area contributed by atoms with Gasteiger partial charge in [0.2, 0.25) is 0 Å². The number of nitrogens with zero attached hydrogens (tertiary/aromatic N) is 6. The van der Waals surface area contributed by atoms with Crippen molar-refractivity contribution < 1.29 is 4.79 Å². The summed E-state index contributed by atoms with van der Waals surface area (Å²) < 4.78 is 1.67. The first-order valence-electron chi connectivity index (χ1n) is 8.45. The van der Waals surface area contributed by atoms with Gasteiger partial charge in [-0.15, -0.1) is 15.3 Å². The summed E-state index contributed by atoms with van der Waals surface area (Å²) in [5.74, 6) is 0.851. The number of piperazine rings is 1. The standard InChI is InChI=1S/C17H17Cl2N7O/c1-11-8-15(23-26-10-20-22-16(11)26)24-4-6-25(7-5-24)17(27)21-12-2-3-13(18)14(19)9-12/h2-3,8-10H,4-7H2,1H3,(H,21,27). The molecule has 0 spiro atoms. The number of benzene rings is 1. The Hall–Kier alpha value is -2.58. The topological polar surface area (TPSA) is 78.7 Å². The second kappa shape index (κ2) is 7.21. The van der Waals surface area contributed by atoms with Gasteiger partial charge in [-0.25, -0.2) is 4.79 Å². The van der Waals surface area contributed by atoms with Crippen molar-refractivity contribution in [3.8, 4) is 0 Å². The summed E-state index contributed by atoms with van der Waals surface area (Å²) in [7, 11) is 0. The highest BCUT2D eigenvalue weighted by molar-refractivity contribution is 6.42. The third-order valence-corrected chi connectivity index (χ3v) is 5.24. The Balaban J connectivity index is 1.40. The number of rotatable bonds is 2. The maximum atomic E-state index is 12.5. The number of aryl methyl sites for hydroxylation is 1. The molecule has 1 aliphatic rings. The van der Waals surface area contributed by atoms with Crippen LogP contribution in [0.25, 0.3) is 5.65 Å². The van der Waals surface area contributed by atoms with Crippen LogP contribution in [0.3, 0.4) is 0 Å². The van der Waals surface area contributed by atoms with Crippen LogP contribution < -0.4 is 10.2 Å². The minimum atomic E-state index is -0.161. The predicted molar refractivity (Wildman–Crippen MR) is 105 cm³/mol. The minimum Gasteiger partial charge on any atom is -0.352 e. The summed E-state index contributed by atoms with van der Waals surface area (Å²) >= 11 is 11.9. The van der Waals surface area contributed by atoms with E-state index in [0.717, 1.165) is 17.0 Å². The first-order chi connectivity index (χ1) is 13.0. The number of aromatic nitrogens is 4. The van der Waals surface area contributed by atoms with Gasteiger partial charge in [0.1, 0.15) is 12.1 Å². The Kier molecular flexibility index (Phi) is 4.75. The first kappa shape index (κ1) is 17.8. The fourth-order valence-corrected chi connectivity index (χ4v) is 3.33. The molecule has 3 heterocycles. The number of nitrogens with one attached hydrogen (secondary N) is 1. The largest absolute Gasteiger partial charge is 0.352 e. The molecule has 3 aromatic rings. The third-order valence-electron chi connectivity index (χ3n) is 4.50. The molecule has 1 N–H and O–H groups in total. The second-order valence-electron chi connectivity index (χ2n) is 6.32. The summed E-state index contributed by atoms with van der Waals surface area (Å²) in [6.45, 7) is 4.54. The lowest BCUT2D eigenvalue weighted by Gasteiger charge is -2.35. The van der Waals surface area contributed by atoms with Gasteiger partial charge in [-0.05, 0) is 36.8 Å². The summed E-state index contributed by atoms with van der Waals surface area (Å²) in [5.41, 5.74) is 2.38. The van der Waals surface area contributed by atoms with E-state index in [4.69, 9.17) is 23.2 Å². The van der Waals surface area contributed by atoms with Gasteiger partial charge in [0.05, 0.1) is 10.0 Å². The molecule has 8 nitrogen and oxygen atoms in total. The molecule has 27 heavy (non-hydrogen) atoms. The Morgan fingerprint density at radius 2 is 1.89 bits per heavy atom. The van der Waals surface area contributed by atoms with Crippen molar-refractivity contribution in [2.24, 2.45) is 0 Å². The summed E-state index contributed by atoms with van der Waals surface area (Å²) in [6, 6.07) is 6.86.